The number of nitrogens with one attached hydrogen (secondary N) is 1. The van der Waals surface area contributed by atoms with Crippen LogP contribution < -0.4 is 10.2 Å². The SMILES string of the molecule is CCc1ccc(S(=O)(=O)N=C2SC(CC(=O)Nc3ccc(F)cc3)C(=O)N2c2ccccc2)cc1. The van der Waals surface area contributed by atoms with Gasteiger partial charge in [0.25, 0.3) is 10.0 Å². The van der Waals surface area contributed by atoms with Gasteiger partial charge in [-0.25, -0.2) is 4.39 Å². The fraction of sp³-hybridized carbons (Fsp3) is 0.160. The van der Waals surface area contributed by atoms with E-state index in [1.165, 1.54) is 41.3 Å². The highest BCUT2D eigenvalue weighted by Gasteiger charge is 2.41. The van der Waals surface area contributed by atoms with Crippen LogP contribution in [0.15, 0.2) is 88.2 Å². The molecule has 2 amide bonds. The minimum Gasteiger partial charge on any atom is -0.326 e. The summed E-state index contributed by atoms with van der Waals surface area (Å²) in [5.74, 6) is -1.35. The first-order valence-electron chi connectivity index (χ1n) is 10.8. The quantitative estimate of drug-likeness (QED) is 0.500. The Hall–Kier alpha value is -3.50. The van der Waals surface area contributed by atoms with Gasteiger partial charge in [0.15, 0.2) is 5.17 Å². The van der Waals surface area contributed by atoms with Crippen molar-refractivity contribution < 1.29 is 22.4 Å². The molecule has 1 N–H and O–H groups in total. The first-order chi connectivity index (χ1) is 16.8. The number of benzene rings is 3. The summed E-state index contributed by atoms with van der Waals surface area (Å²) in [6.45, 7) is 1.97. The number of para-hydroxylation sites is 1. The van der Waals surface area contributed by atoms with E-state index in [4.69, 9.17) is 0 Å². The Bertz CT molecular complexity index is 1360. The van der Waals surface area contributed by atoms with Crippen molar-refractivity contribution in [3.05, 3.63) is 90.2 Å². The highest BCUT2D eigenvalue weighted by Crippen LogP contribution is 2.35. The average molecular weight is 512 g/mol. The van der Waals surface area contributed by atoms with Crippen molar-refractivity contribution in [2.45, 2.75) is 29.9 Å². The zero-order valence-corrected chi connectivity index (χ0v) is 20.4. The van der Waals surface area contributed by atoms with Gasteiger partial charge >= 0.3 is 0 Å². The molecule has 3 aromatic carbocycles. The molecule has 0 aliphatic carbocycles. The van der Waals surface area contributed by atoms with Crippen molar-refractivity contribution in [3.63, 3.8) is 0 Å². The lowest BCUT2D eigenvalue weighted by molar-refractivity contribution is -0.121. The molecule has 0 spiro atoms. The molecule has 1 atom stereocenters. The Labute approximate surface area is 207 Å². The maximum absolute atomic E-state index is 13.3. The zero-order chi connectivity index (χ0) is 25.0. The third-order valence-electron chi connectivity index (χ3n) is 5.28. The maximum atomic E-state index is 13.3. The predicted octanol–water partition coefficient (Wildman–Crippen LogP) is 4.61. The zero-order valence-electron chi connectivity index (χ0n) is 18.7. The number of sulfonamides is 1. The molecule has 0 radical (unpaired) electrons. The Kier molecular flexibility index (Phi) is 7.32. The monoisotopic (exact) mass is 511 g/mol. The van der Waals surface area contributed by atoms with Gasteiger partial charge in [-0.3, -0.25) is 14.5 Å². The number of hydrogen-bond donors (Lipinski definition) is 1. The molecule has 1 aliphatic rings. The second-order valence-corrected chi connectivity index (χ2v) is 10.5. The van der Waals surface area contributed by atoms with Crippen LogP contribution in [0, 0.1) is 5.82 Å². The van der Waals surface area contributed by atoms with Crippen molar-refractivity contribution in [1.82, 2.24) is 0 Å². The summed E-state index contributed by atoms with van der Waals surface area (Å²) in [7, 11) is -4.10. The summed E-state index contributed by atoms with van der Waals surface area (Å²) in [6, 6.07) is 20.2. The number of halogens is 1. The molecule has 180 valence electrons. The minimum absolute atomic E-state index is 0.0146. The van der Waals surface area contributed by atoms with E-state index < -0.39 is 32.9 Å². The van der Waals surface area contributed by atoms with Gasteiger partial charge in [-0.15, -0.1) is 4.40 Å². The van der Waals surface area contributed by atoms with Crippen molar-refractivity contribution in [2.24, 2.45) is 4.40 Å². The number of nitrogens with zero attached hydrogens (tertiary/aromatic N) is 2. The molecule has 1 heterocycles. The molecule has 4 rings (SSSR count). The van der Waals surface area contributed by atoms with Crippen LogP contribution in [0.25, 0.3) is 0 Å². The van der Waals surface area contributed by atoms with Gasteiger partial charge in [-0.1, -0.05) is 49.0 Å². The molecular weight excluding hydrogens is 489 g/mol. The normalized spacial score (nSPS) is 17.1. The van der Waals surface area contributed by atoms with Gasteiger partial charge in [-0.05, 0) is 60.5 Å². The van der Waals surface area contributed by atoms with Crippen LogP contribution in [0.1, 0.15) is 18.9 Å². The minimum atomic E-state index is -4.10. The molecule has 1 aliphatic heterocycles. The van der Waals surface area contributed by atoms with Crippen LogP contribution in [0.4, 0.5) is 15.8 Å². The fourth-order valence-electron chi connectivity index (χ4n) is 3.44. The standard InChI is InChI=1S/C25H22FN3O4S2/c1-2-17-8-14-21(15-9-17)35(32,33)28-25-29(20-6-4-3-5-7-20)24(31)22(34-25)16-23(30)27-19-12-10-18(26)11-13-19/h3-15,22H,2,16H2,1H3,(H,27,30). The number of thioether (sulfide) groups is 1. The van der Waals surface area contributed by atoms with E-state index in [2.05, 4.69) is 9.71 Å². The number of amides is 2. The van der Waals surface area contributed by atoms with E-state index in [9.17, 15) is 22.4 Å². The first kappa shape index (κ1) is 24.6. The van der Waals surface area contributed by atoms with Gasteiger partial charge in [-0.2, -0.15) is 8.42 Å². The number of rotatable bonds is 7. The summed E-state index contributed by atoms with van der Waals surface area (Å²) in [5, 5.41) is 1.71. The largest absolute Gasteiger partial charge is 0.326 e. The van der Waals surface area contributed by atoms with Crippen molar-refractivity contribution in [2.75, 3.05) is 10.2 Å². The number of carbonyl (C=O) groups excluding carboxylic acids is 2. The van der Waals surface area contributed by atoms with Gasteiger partial charge in [0, 0.05) is 12.1 Å². The predicted molar refractivity (Wildman–Crippen MR) is 135 cm³/mol. The number of aryl methyl sites for hydroxylation is 1. The summed E-state index contributed by atoms with van der Waals surface area (Å²) in [6.07, 6.45) is 0.553. The summed E-state index contributed by atoms with van der Waals surface area (Å²) >= 11 is 0.919. The number of hydrogen-bond acceptors (Lipinski definition) is 5. The topological polar surface area (TPSA) is 95.9 Å². The van der Waals surface area contributed by atoms with Gasteiger partial charge in [0.05, 0.1) is 10.6 Å². The molecule has 0 saturated carbocycles. The van der Waals surface area contributed by atoms with Crippen LogP contribution in [-0.2, 0) is 26.0 Å². The smallest absolute Gasteiger partial charge is 0.284 e. The highest BCUT2D eigenvalue weighted by atomic mass is 32.2. The summed E-state index contributed by atoms with van der Waals surface area (Å²) < 4.78 is 43.1. The summed E-state index contributed by atoms with van der Waals surface area (Å²) in [4.78, 5) is 27.1. The van der Waals surface area contributed by atoms with Crippen molar-refractivity contribution >= 4 is 50.1 Å². The molecule has 0 aromatic heterocycles. The molecular formula is C25H22FN3O4S2. The van der Waals surface area contributed by atoms with Crippen LogP contribution >= 0.6 is 11.8 Å². The molecule has 0 bridgehead atoms. The van der Waals surface area contributed by atoms with E-state index >= 15 is 0 Å². The Morgan fingerprint density at radius 1 is 1.03 bits per heavy atom. The second-order valence-electron chi connectivity index (χ2n) is 7.72. The van der Waals surface area contributed by atoms with E-state index in [1.54, 1.807) is 42.5 Å². The van der Waals surface area contributed by atoms with Gasteiger partial charge in [0.1, 0.15) is 11.1 Å². The number of carbonyl (C=O) groups is 2. The van der Waals surface area contributed by atoms with E-state index in [-0.39, 0.29) is 16.5 Å². The Morgan fingerprint density at radius 3 is 2.31 bits per heavy atom. The van der Waals surface area contributed by atoms with Gasteiger partial charge in [0.2, 0.25) is 11.8 Å². The molecule has 1 unspecified atom stereocenters. The van der Waals surface area contributed by atoms with Crippen LogP contribution in [0.2, 0.25) is 0 Å². The van der Waals surface area contributed by atoms with Crippen molar-refractivity contribution in [3.8, 4) is 0 Å². The molecule has 7 nitrogen and oxygen atoms in total. The molecule has 1 saturated heterocycles. The van der Waals surface area contributed by atoms with Gasteiger partial charge < -0.3 is 5.32 Å². The molecule has 1 fully saturated rings. The van der Waals surface area contributed by atoms with Crippen LogP contribution in [0.5, 0.6) is 0 Å². The Balaban J connectivity index is 1.61. The second kappa shape index (κ2) is 10.4. The number of anilines is 2. The maximum Gasteiger partial charge on any atom is 0.284 e. The lowest BCUT2D eigenvalue weighted by Crippen LogP contribution is -2.33. The Morgan fingerprint density at radius 2 is 1.69 bits per heavy atom. The molecule has 35 heavy (non-hydrogen) atoms. The van der Waals surface area contributed by atoms with Crippen LogP contribution in [0.3, 0.4) is 0 Å². The first-order valence-corrected chi connectivity index (χ1v) is 13.1. The van der Waals surface area contributed by atoms with E-state index in [0.717, 1.165) is 23.7 Å². The van der Waals surface area contributed by atoms with Crippen molar-refractivity contribution in [1.29, 1.82) is 0 Å². The van der Waals surface area contributed by atoms with Crippen LogP contribution in [-0.4, -0.2) is 30.6 Å². The lowest BCUT2D eigenvalue weighted by Gasteiger charge is -2.16. The van der Waals surface area contributed by atoms with E-state index in [0.29, 0.717) is 11.4 Å². The van der Waals surface area contributed by atoms with E-state index in [1.807, 2.05) is 6.92 Å². The average Bonchev–Trinajstić information content (AvgIpc) is 3.14. The highest BCUT2D eigenvalue weighted by molar-refractivity contribution is 8.16. The molecule has 3 aromatic rings. The fourth-order valence-corrected chi connectivity index (χ4v) is 5.78. The lowest BCUT2D eigenvalue weighted by atomic mass is 10.2. The molecule has 10 heteroatoms. The third-order valence-corrected chi connectivity index (χ3v) is 7.81. The summed E-state index contributed by atoms with van der Waals surface area (Å²) in [5.41, 5.74) is 1.82. The number of amidine groups is 1. The third kappa shape index (κ3) is 5.77.